The fourth-order valence-electron chi connectivity index (χ4n) is 5.08. The minimum Gasteiger partial charge on any atom is -0.497 e. The van der Waals surface area contributed by atoms with Gasteiger partial charge in [-0.05, 0) is 90.3 Å². The molecule has 0 spiro atoms. The van der Waals surface area contributed by atoms with Crippen molar-refractivity contribution in [2.45, 2.75) is 50.7 Å². The molecule has 1 N–H and O–H groups in total. The zero-order valence-electron chi connectivity index (χ0n) is 27.1. The zero-order chi connectivity index (χ0) is 34.1. The molecule has 4 aromatic carbocycles. The topological polar surface area (TPSA) is 105 Å². The molecule has 11 heteroatoms. The summed E-state index contributed by atoms with van der Waals surface area (Å²) in [6.45, 7) is 5.08. The highest BCUT2D eigenvalue weighted by Crippen LogP contribution is 2.31. The molecule has 0 heterocycles. The second-order valence-corrected chi connectivity index (χ2v) is 14.1. The van der Waals surface area contributed by atoms with Crippen LogP contribution in [-0.4, -0.2) is 58.0 Å². The lowest BCUT2D eigenvalue weighted by Gasteiger charge is -2.34. The lowest BCUT2D eigenvalue weighted by atomic mass is 10.0. The molecule has 0 radical (unpaired) electrons. The largest absolute Gasteiger partial charge is 0.497 e. The van der Waals surface area contributed by atoms with E-state index in [9.17, 15) is 18.0 Å². The highest BCUT2D eigenvalue weighted by Gasteiger charge is 2.35. The molecule has 47 heavy (non-hydrogen) atoms. The van der Waals surface area contributed by atoms with Gasteiger partial charge in [-0.15, -0.1) is 0 Å². The summed E-state index contributed by atoms with van der Waals surface area (Å²) in [6, 6.07) is 26.9. The molecule has 0 aliphatic rings. The van der Waals surface area contributed by atoms with Gasteiger partial charge in [-0.25, -0.2) is 8.42 Å². The van der Waals surface area contributed by atoms with Gasteiger partial charge in [0, 0.05) is 19.0 Å². The predicted molar refractivity (Wildman–Crippen MR) is 187 cm³/mol. The van der Waals surface area contributed by atoms with Crippen molar-refractivity contribution in [1.29, 1.82) is 0 Å². The average molecular weight is 723 g/mol. The SMILES string of the molecule is COc1cccc(CN(C(=O)CN(c2ccc(C)cc2)S(=O)(=O)c2ccc(OC)c(Br)c2)C(Cc2ccccc2)C(=O)NC(C)C)c1. The van der Waals surface area contributed by atoms with Gasteiger partial charge in [0.15, 0.2) is 0 Å². The number of aryl methyl sites for hydroxylation is 1. The molecule has 1 unspecified atom stereocenters. The molecule has 0 bridgehead atoms. The molecule has 0 saturated heterocycles. The van der Waals surface area contributed by atoms with Gasteiger partial charge in [0.2, 0.25) is 11.8 Å². The number of ether oxygens (including phenoxy) is 2. The first-order chi connectivity index (χ1) is 22.4. The third-order valence-corrected chi connectivity index (χ3v) is 9.89. The second kappa shape index (κ2) is 16.0. The third-order valence-electron chi connectivity index (χ3n) is 7.50. The molecule has 0 aromatic heterocycles. The summed E-state index contributed by atoms with van der Waals surface area (Å²) in [5, 5.41) is 2.96. The van der Waals surface area contributed by atoms with Gasteiger partial charge < -0.3 is 19.7 Å². The second-order valence-electron chi connectivity index (χ2n) is 11.4. The summed E-state index contributed by atoms with van der Waals surface area (Å²) in [5.41, 5.74) is 2.81. The van der Waals surface area contributed by atoms with Crippen molar-refractivity contribution >= 4 is 43.5 Å². The number of carbonyl (C=O) groups is 2. The smallest absolute Gasteiger partial charge is 0.264 e. The number of benzene rings is 4. The van der Waals surface area contributed by atoms with Crippen molar-refractivity contribution in [3.63, 3.8) is 0 Å². The zero-order valence-corrected chi connectivity index (χ0v) is 29.5. The number of hydrogen-bond acceptors (Lipinski definition) is 6. The molecule has 0 aliphatic carbocycles. The number of methoxy groups -OCH3 is 2. The van der Waals surface area contributed by atoms with Crippen molar-refractivity contribution in [3.05, 3.63) is 118 Å². The molecule has 0 saturated carbocycles. The Morgan fingerprint density at radius 2 is 1.53 bits per heavy atom. The molecule has 0 fully saturated rings. The van der Waals surface area contributed by atoms with Crippen molar-refractivity contribution in [3.8, 4) is 11.5 Å². The van der Waals surface area contributed by atoms with Gasteiger partial charge in [0.25, 0.3) is 10.0 Å². The normalized spacial score (nSPS) is 11.9. The Bertz CT molecular complexity index is 1780. The van der Waals surface area contributed by atoms with E-state index in [1.165, 1.54) is 24.1 Å². The summed E-state index contributed by atoms with van der Waals surface area (Å²) in [5.74, 6) is 0.162. The van der Waals surface area contributed by atoms with Crippen molar-refractivity contribution < 1.29 is 27.5 Å². The Hall–Kier alpha value is -4.35. The van der Waals surface area contributed by atoms with E-state index in [2.05, 4.69) is 21.2 Å². The molecule has 1 atom stereocenters. The average Bonchev–Trinajstić information content (AvgIpc) is 3.05. The van der Waals surface area contributed by atoms with E-state index in [-0.39, 0.29) is 29.8 Å². The van der Waals surface area contributed by atoms with E-state index in [4.69, 9.17) is 9.47 Å². The van der Waals surface area contributed by atoms with E-state index in [0.29, 0.717) is 21.7 Å². The summed E-state index contributed by atoms with van der Waals surface area (Å²) in [6.07, 6.45) is 0.220. The van der Waals surface area contributed by atoms with Crippen LogP contribution in [0, 0.1) is 6.92 Å². The van der Waals surface area contributed by atoms with Gasteiger partial charge in [-0.3, -0.25) is 13.9 Å². The maximum atomic E-state index is 14.6. The highest BCUT2D eigenvalue weighted by molar-refractivity contribution is 9.10. The molecular weight excluding hydrogens is 682 g/mol. The Balaban J connectivity index is 1.82. The van der Waals surface area contributed by atoms with Crippen molar-refractivity contribution in [2.24, 2.45) is 0 Å². The summed E-state index contributed by atoms with van der Waals surface area (Å²) >= 11 is 3.39. The van der Waals surface area contributed by atoms with Gasteiger partial charge in [0.1, 0.15) is 24.1 Å². The number of halogens is 1. The first kappa shape index (κ1) is 35.5. The molecule has 248 valence electrons. The van der Waals surface area contributed by atoms with Crippen LogP contribution in [0.15, 0.2) is 106 Å². The lowest BCUT2D eigenvalue weighted by Crippen LogP contribution is -2.54. The Kier molecular flexibility index (Phi) is 12.1. The Labute approximate surface area is 285 Å². The quantitative estimate of drug-likeness (QED) is 0.168. The van der Waals surface area contributed by atoms with Gasteiger partial charge in [-0.2, -0.15) is 0 Å². The van der Waals surface area contributed by atoms with Crippen LogP contribution in [0.25, 0.3) is 0 Å². The standard InChI is InChI=1S/C36H40BrN3O6S/c1-25(2)38-36(42)33(21-27-10-7-6-8-11-27)39(23-28-12-9-13-30(20-28)45-4)35(41)24-40(29-16-14-26(3)15-17-29)47(43,44)31-18-19-34(46-5)32(37)22-31/h6-20,22,25,33H,21,23-24H2,1-5H3,(H,38,42). The fraction of sp³-hybridized carbons (Fsp3) is 0.278. The van der Waals surface area contributed by atoms with Crippen LogP contribution in [0.5, 0.6) is 11.5 Å². The summed E-state index contributed by atoms with van der Waals surface area (Å²) in [4.78, 5) is 29.9. The van der Waals surface area contributed by atoms with Crippen molar-refractivity contribution in [2.75, 3.05) is 25.1 Å². The van der Waals surface area contributed by atoms with Crippen LogP contribution in [0.2, 0.25) is 0 Å². The predicted octanol–water partition coefficient (Wildman–Crippen LogP) is 6.13. The molecule has 4 aromatic rings. The number of rotatable bonds is 14. The number of nitrogens with zero attached hydrogens (tertiary/aromatic N) is 2. The van der Waals surface area contributed by atoms with E-state index >= 15 is 0 Å². The number of nitrogens with one attached hydrogen (secondary N) is 1. The molecular formula is C36H40BrN3O6S. The minimum absolute atomic E-state index is 0.0312. The van der Waals surface area contributed by atoms with E-state index in [1.54, 1.807) is 49.6 Å². The van der Waals surface area contributed by atoms with Gasteiger partial charge in [-0.1, -0.05) is 60.2 Å². The Morgan fingerprint density at radius 3 is 2.15 bits per heavy atom. The number of sulfonamides is 1. The van der Waals surface area contributed by atoms with E-state index in [1.807, 2.05) is 63.2 Å². The molecule has 4 rings (SSSR count). The van der Waals surface area contributed by atoms with Crippen LogP contribution in [-0.2, 0) is 32.6 Å². The molecule has 9 nitrogen and oxygen atoms in total. The monoisotopic (exact) mass is 721 g/mol. The van der Waals surface area contributed by atoms with Crippen LogP contribution < -0.4 is 19.1 Å². The summed E-state index contributed by atoms with van der Waals surface area (Å²) in [7, 11) is -1.23. The van der Waals surface area contributed by atoms with Crippen molar-refractivity contribution in [1.82, 2.24) is 10.2 Å². The highest BCUT2D eigenvalue weighted by atomic mass is 79.9. The first-order valence-electron chi connectivity index (χ1n) is 15.1. The van der Waals surface area contributed by atoms with Crippen LogP contribution in [0.1, 0.15) is 30.5 Å². The van der Waals surface area contributed by atoms with Gasteiger partial charge in [0.05, 0.1) is 29.3 Å². The van der Waals surface area contributed by atoms with Gasteiger partial charge >= 0.3 is 0 Å². The van der Waals surface area contributed by atoms with Crippen LogP contribution in [0.4, 0.5) is 5.69 Å². The van der Waals surface area contributed by atoms with Crippen LogP contribution in [0.3, 0.4) is 0 Å². The number of amides is 2. The van der Waals surface area contributed by atoms with E-state index in [0.717, 1.165) is 21.0 Å². The van der Waals surface area contributed by atoms with Crippen LogP contribution >= 0.6 is 15.9 Å². The fourth-order valence-corrected chi connectivity index (χ4v) is 7.21. The molecule has 0 aliphatic heterocycles. The lowest BCUT2D eigenvalue weighted by molar-refractivity contribution is -0.140. The number of carbonyl (C=O) groups excluding carboxylic acids is 2. The number of hydrogen-bond donors (Lipinski definition) is 1. The summed E-state index contributed by atoms with van der Waals surface area (Å²) < 4.78 is 40.9. The molecule has 2 amide bonds. The number of anilines is 1. The maximum absolute atomic E-state index is 14.6. The Morgan fingerprint density at radius 1 is 0.851 bits per heavy atom. The third kappa shape index (κ3) is 9.14. The first-order valence-corrected chi connectivity index (χ1v) is 17.4. The minimum atomic E-state index is -4.27. The van der Waals surface area contributed by atoms with E-state index < -0.39 is 28.5 Å². The maximum Gasteiger partial charge on any atom is 0.264 e.